The third kappa shape index (κ3) is 8.96. The molecule has 0 saturated carbocycles. The van der Waals surface area contributed by atoms with Crippen molar-refractivity contribution in [3.8, 4) is 0 Å². The Morgan fingerprint density at radius 3 is 2.17 bits per heavy atom. The Hall–Kier alpha value is -3.45. The van der Waals surface area contributed by atoms with Gasteiger partial charge in [0, 0.05) is 12.5 Å². The molecule has 1 aliphatic heterocycles. The molecule has 2 amide bonds. The van der Waals surface area contributed by atoms with E-state index in [2.05, 4.69) is 10.6 Å². The molecule has 0 aromatic heterocycles. The first kappa shape index (κ1) is 27.1. The third-order valence-corrected chi connectivity index (χ3v) is 6.25. The summed E-state index contributed by atoms with van der Waals surface area (Å²) < 4.78 is 5.72. The largest absolute Gasteiger partial charge is 0.463 e. The number of aliphatic hydroxyl groups excluding tert-OH is 1. The van der Waals surface area contributed by atoms with Gasteiger partial charge in [0.25, 0.3) is 0 Å². The van der Waals surface area contributed by atoms with Gasteiger partial charge in [0.15, 0.2) is 0 Å². The van der Waals surface area contributed by atoms with Gasteiger partial charge in [0.2, 0.25) is 11.8 Å². The molecule has 0 unspecified atom stereocenters. The lowest BCUT2D eigenvalue weighted by Gasteiger charge is -2.24. The van der Waals surface area contributed by atoms with Crippen LogP contribution in [-0.4, -0.2) is 48.2 Å². The number of ether oxygens (including phenoxy) is 1. The fourth-order valence-corrected chi connectivity index (χ4v) is 4.24. The SMILES string of the molecule is C[C@@H](CO)NC(=O)C[C@H]1CC=CC[C@@H](Cc2ccccc2)C(=O)OC[C@@H](Cc2ccccc2)NC1=O. The highest BCUT2D eigenvalue weighted by Gasteiger charge is 2.27. The van der Waals surface area contributed by atoms with E-state index in [9.17, 15) is 19.5 Å². The molecule has 3 rings (SSSR count). The van der Waals surface area contributed by atoms with E-state index in [-0.39, 0.29) is 49.4 Å². The quantitative estimate of drug-likeness (QED) is 0.388. The summed E-state index contributed by atoms with van der Waals surface area (Å²) in [6, 6.07) is 18.7. The zero-order chi connectivity index (χ0) is 25.8. The summed E-state index contributed by atoms with van der Waals surface area (Å²) in [7, 11) is 0. The second-order valence-corrected chi connectivity index (χ2v) is 9.41. The van der Waals surface area contributed by atoms with Crippen LogP contribution >= 0.6 is 0 Å². The summed E-state index contributed by atoms with van der Waals surface area (Å²) in [6.07, 6.45) is 5.69. The number of cyclic esters (lactones) is 1. The number of carbonyl (C=O) groups excluding carboxylic acids is 3. The number of hydrogen-bond acceptors (Lipinski definition) is 5. The van der Waals surface area contributed by atoms with E-state index >= 15 is 0 Å². The molecule has 7 nitrogen and oxygen atoms in total. The summed E-state index contributed by atoms with van der Waals surface area (Å²) in [6.45, 7) is 1.58. The molecule has 7 heteroatoms. The number of hydrogen-bond donors (Lipinski definition) is 3. The lowest BCUT2D eigenvalue weighted by molar-refractivity contribution is -0.150. The lowest BCUT2D eigenvalue weighted by Crippen LogP contribution is -2.45. The van der Waals surface area contributed by atoms with Crippen LogP contribution in [0.15, 0.2) is 72.8 Å². The van der Waals surface area contributed by atoms with Gasteiger partial charge in [-0.15, -0.1) is 0 Å². The number of nitrogens with one attached hydrogen (secondary N) is 2. The molecule has 36 heavy (non-hydrogen) atoms. The van der Waals surface area contributed by atoms with E-state index in [4.69, 9.17) is 4.74 Å². The maximum absolute atomic E-state index is 13.2. The van der Waals surface area contributed by atoms with Crippen LogP contribution in [0.3, 0.4) is 0 Å². The average Bonchev–Trinajstić information content (AvgIpc) is 2.88. The van der Waals surface area contributed by atoms with Crippen LogP contribution in [0.2, 0.25) is 0 Å². The van der Waals surface area contributed by atoms with Gasteiger partial charge in [0.05, 0.1) is 24.5 Å². The Labute approximate surface area is 212 Å². The van der Waals surface area contributed by atoms with Gasteiger partial charge in [-0.05, 0) is 43.7 Å². The van der Waals surface area contributed by atoms with Crippen molar-refractivity contribution in [1.82, 2.24) is 10.6 Å². The fraction of sp³-hybridized carbons (Fsp3) is 0.414. The summed E-state index contributed by atoms with van der Waals surface area (Å²) in [4.78, 5) is 38.7. The van der Waals surface area contributed by atoms with Crippen molar-refractivity contribution in [2.24, 2.45) is 11.8 Å². The molecule has 0 radical (unpaired) electrons. The second-order valence-electron chi connectivity index (χ2n) is 9.41. The molecule has 2 aromatic rings. The highest BCUT2D eigenvalue weighted by Crippen LogP contribution is 2.19. The van der Waals surface area contributed by atoms with Gasteiger partial charge in [-0.25, -0.2) is 0 Å². The number of allylic oxidation sites excluding steroid dienone is 2. The fourth-order valence-electron chi connectivity index (χ4n) is 4.24. The van der Waals surface area contributed by atoms with Crippen molar-refractivity contribution >= 4 is 17.8 Å². The first-order chi connectivity index (χ1) is 17.4. The molecule has 0 saturated heterocycles. The molecule has 0 fully saturated rings. The first-order valence-electron chi connectivity index (χ1n) is 12.5. The maximum atomic E-state index is 13.2. The minimum absolute atomic E-state index is 0.00576. The highest BCUT2D eigenvalue weighted by atomic mass is 16.5. The smallest absolute Gasteiger partial charge is 0.309 e. The van der Waals surface area contributed by atoms with E-state index in [0.717, 1.165) is 11.1 Å². The Bertz CT molecular complexity index is 1010. The number of aliphatic hydroxyl groups is 1. The van der Waals surface area contributed by atoms with Gasteiger partial charge in [-0.3, -0.25) is 14.4 Å². The van der Waals surface area contributed by atoms with Crippen LogP contribution in [0.1, 0.15) is 37.3 Å². The summed E-state index contributed by atoms with van der Waals surface area (Å²) in [5, 5.41) is 15.0. The standard InChI is InChI=1S/C29H36N2O5/c1-21(19-32)30-27(33)18-24-14-8-9-15-25(16-22-10-4-2-5-11-22)29(35)36-20-26(31-28(24)34)17-23-12-6-3-7-13-23/h2-13,21,24-26,32H,14-20H2,1H3,(H,30,33)(H,31,34)/t21-,24+,25-,26+/m0/s1. The monoisotopic (exact) mass is 492 g/mol. The van der Waals surface area contributed by atoms with Crippen LogP contribution in [-0.2, 0) is 32.0 Å². The Morgan fingerprint density at radius 2 is 1.56 bits per heavy atom. The topological polar surface area (TPSA) is 105 Å². The van der Waals surface area contributed by atoms with Crippen molar-refractivity contribution in [2.75, 3.05) is 13.2 Å². The molecule has 1 heterocycles. The van der Waals surface area contributed by atoms with Crippen LogP contribution in [0.25, 0.3) is 0 Å². The van der Waals surface area contributed by atoms with Gasteiger partial charge < -0.3 is 20.5 Å². The van der Waals surface area contributed by atoms with Crippen LogP contribution in [0, 0.1) is 11.8 Å². The van der Waals surface area contributed by atoms with Crippen molar-refractivity contribution in [1.29, 1.82) is 0 Å². The molecular weight excluding hydrogens is 456 g/mol. The van der Waals surface area contributed by atoms with Gasteiger partial charge in [-0.2, -0.15) is 0 Å². The second kappa shape index (κ2) is 14.2. The van der Waals surface area contributed by atoms with E-state index in [0.29, 0.717) is 25.7 Å². The van der Waals surface area contributed by atoms with Crippen LogP contribution in [0.4, 0.5) is 0 Å². The van der Waals surface area contributed by atoms with Crippen molar-refractivity contribution in [2.45, 2.75) is 51.1 Å². The highest BCUT2D eigenvalue weighted by molar-refractivity contribution is 5.86. The minimum atomic E-state index is -0.576. The Balaban J connectivity index is 1.79. The summed E-state index contributed by atoms with van der Waals surface area (Å²) in [5.41, 5.74) is 2.07. The molecule has 0 bridgehead atoms. The van der Waals surface area contributed by atoms with Gasteiger partial charge in [-0.1, -0.05) is 72.8 Å². The van der Waals surface area contributed by atoms with E-state index < -0.39 is 12.0 Å². The van der Waals surface area contributed by atoms with E-state index in [1.807, 2.05) is 72.8 Å². The van der Waals surface area contributed by atoms with Gasteiger partial charge in [0.1, 0.15) is 6.61 Å². The molecule has 2 aromatic carbocycles. The first-order valence-corrected chi connectivity index (χ1v) is 12.5. The zero-order valence-corrected chi connectivity index (χ0v) is 20.8. The number of amides is 2. The normalized spacial score (nSPS) is 21.9. The summed E-state index contributed by atoms with van der Waals surface area (Å²) >= 11 is 0. The summed E-state index contributed by atoms with van der Waals surface area (Å²) in [5.74, 6) is -1.75. The van der Waals surface area contributed by atoms with E-state index in [1.165, 1.54) is 0 Å². The third-order valence-electron chi connectivity index (χ3n) is 6.25. The van der Waals surface area contributed by atoms with Crippen LogP contribution < -0.4 is 10.6 Å². The van der Waals surface area contributed by atoms with Crippen LogP contribution in [0.5, 0.6) is 0 Å². The predicted molar refractivity (Wildman–Crippen MR) is 138 cm³/mol. The molecular formula is C29H36N2O5. The molecule has 0 spiro atoms. The predicted octanol–water partition coefficient (Wildman–Crippen LogP) is 2.97. The minimum Gasteiger partial charge on any atom is -0.463 e. The molecule has 4 atom stereocenters. The van der Waals surface area contributed by atoms with Crippen molar-refractivity contribution < 1.29 is 24.2 Å². The maximum Gasteiger partial charge on any atom is 0.309 e. The molecule has 1 aliphatic rings. The molecule has 0 aliphatic carbocycles. The Morgan fingerprint density at radius 1 is 0.972 bits per heavy atom. The Kier molecular flexibility index (Phi) is 10.7. The molecule has 3 N–H and O–H groups in total. The average molecular weight is 493 g/mol. The number of rotatable bonds is 8. The molecule has 192 valence electrons. The number of benzene rings is 2. The van der Waals surface area contributed by atoms with Gasteiger partial charge >= 0.3 is 5.97 Å². The van der Waals surface area contributed by atoms with E-state index in [1.54, 1.807) is 6.92 Å². The number of carbonyl (C=O) groups is 3. The van der Waals surface area contributed by atoms with Crippen molar-refractivity contribution in [3.63, 3.8) is 0 Å². The zero-order valence-electron chi connectivity index (χ0n) is 20.8. The van der Waals surface area contributed by atoms with Crippen molar-refractivity contribution in [3.05, 3.63) is 83.9 Å². The lowest BCUT2D eigenvalue weighted by atomic mass is 9.94. The number of esters is 1.